The Balaban J connectivity index is 1.70. The van der Waals surface area contributed by atoms with E-state index in [9.17, 15) is 14.7 Å². The predicted molar refractivity (Wildman–Crippen MR) is 114 cm³/mol. The molecule has 4 aliphatic rings. The van der Waals surface area contributed by atoms with Crippen LogP contribution in [-0.4, -0.2) is 16.7 Å². The molecule has 1 aromatic rings. The molecule has 4 nitrogen and oxygen atoms in total. The average molecular weight is 407 g/mol. The molecule has 5 rings (SSSR count). The van der Waals surface area contributed by atoms with Crippen molar-refractivity contribution >= 4 is 11.6 Å². The number of hydrogen-bond acceptors (Lipinski definition) is 4. The Labute approximate surface area is 177 Å². The molecule has 1 saturated carbocycles. The molecule has 1 aromatic heterocycles. The van der Waals surface area contributed by atoms with E-state index >= 15 is 0 Å². The minimum absolute atomic E-state index is 0.00875. The van der Waals surface area contributed by atoms with E-state index in [0.717, 1.165) is 24.8 Å². The van der Waals surface area contributed by atoms with Crippen molar-refractivity contribution in [1.82, 2.24) is 0 Å². The van der Waals surface area contributed by atoms with Crippen molar-refractivity contribution in [3.05, 3.63) is 59.3 Å². The van der Waals surface area contributed by atoms with Crippen molar-refractivity contribution in [2.75, 3.05) is 0 Å². The van der Waals surface area contributed by atoms with Crippen LogP contribution in [0.3, 0.4) is 0 Å². The molecule has 0 saturated heterocycles. The van der Waals surface area contributed by atoms with Gasteiger partial charge >= 0.3 is 0 Å². The van der Waals surface area contributed by atoms with Crippen LogP contribution in [-0.2, 0) is 9.59 Å². The van der Waals surface area contributed by atoms with E-state index in [-0.39, 0.29) is 34.6 Å². The summed E-state index contributed by atoms with van der Waals surface area (Å²) < 4.78 is 5.36. The maximum absolute atomic E-state index is 13.8. The third kappa shape index (κ3) is 2.03. The maximum Gasteiger partial charge on any atom is 0.207 e. The van der Waals surface area contributed by atoms with Gasteiger partial charge in [0.05, 0.1) is 23.4 Å². The lowest BCUT2D eigenvalue weighted by atomic mass is 9.41. The van der Waals surface area contributed by atoms with Gasteiger partial charge in [0.2, 0.25) is 5.78 Å². The second kappa shape index (κ2) is 5.66. The topological polar surface area (TPSA) is 67.5 Å². The van der Waals surface area contributed by atoms with Crippen LogP contribution < -0.4 is 0 Å². The molecule has 1 fully saturated rings. The minimum Gasteiger partial charge on any atom is -0.504 e. The third-order valence-corrected chi connectivity index (χ3v) is 9.10. The first-order chi connectivity index (χ1) is 14.0. The van der Waals surface area contributed by atoms with Gasteiger partial charge in [-0.2, -0.15) is 0 Å². The number of ketones is 2. The molecule has 0 aliphatic heterocycles. The molecular formula is C26H30O4. The van der Waals surface area contributed by atoms with Gasteiger partial charge < -0.3 is 9.52 Å². The molecule has 0 bridgehead atoms. The van der Waals surface area contributed by atoms with Gasteiger partial charge in [0.15, 0.2) is 11.5 Å². The Morgan fingerprint density at radius 3 is 2.53 bits per heavy atom. The molecule has 158 valence electrons. The van der Waals surface area contributed by atoms with Crippen LogP contribution in [0.4, 0.5) is 0 Å². The lowest BCUT2D eigenvalue weighted by Crippen LogP contribution is -2.59. The van der Waals surface area contributed by atoms with Gasteiger partial charge in [0, 0.05) is 5.41 Å². The quantitative estimate of drug-likeness (QED) is 0.609. The molecule has 0 radical (unpaired) electrons. The van der Waals surface area contributed by atoms with Crippen molar-refractivity contribution in [3.63, 3.8) is 0 Å². The SMILES string of the molecule is CC1(C)C(=O)C=C[C@@]2(C)C1=C(O)C(=O)[C@@]1(C)C3=CC[C@@H](c4ccoc4)[C@]3(C)CC[C@@H]12. The van der Waals surface area contributed by atoms with E-state index in [4.69, 9.17) is 4.42 Å². The van der Waals surface area contributed by atoms with Gasteiger partial charge in [0.25, 0.3) is 0 Å². The monoisotopic (exact) mass is 406 g/mol. The number of Topliss-reactive ketones (excluding diaryl/α,β-unsaturated/α-hetero) is 1. The zero-order valence-corrected chi connectivity index (χ0v) is 18.4. The van der Waals surface area contributed by atoms with Crippen molar-refractivity contribution in [3.8, 4) is 0 Å². The Kier molecular flexibility index (Phi) is 3.69. The standard InChI is InChI=1S/C26H30O4/c1-23(2)19(27)9-12-25(4)18-8-11-24(3)16(15-10-13-30-14-15)6-7-17(24)26(18,5)22(29)20(28)21(23)25/h7,9-10,12-14,16,18,28H,6,8,11H2,1-5H3/t16-,18+,24-,25+,26-/m0/s1. The molecule has 4 heteroatoms. The first kappa shape index (κ1) is 19.6. The molecule has 4 aliphatic carbocycles. The fourth-order valence-electron chi connectivity index (χ4n) is 7.65. The number of fused-ring (bicyclic) bond motifs is 5. The number of carbonyl (C=O) groups excluding carboxylic acids is 2. The minimum atomic E-state index is -0.880. The molecule has 5 atom stereocenters. The van der Waals surface area contributed by atoms with Crippen molar-refractivity contribution in [2.45, 2.75) is 59.8 Å². The largest absolute Gasteiger partial charge is 0.504 e. The van der Waals surface area contributed by atoms with Crippen LogP contribution in [0, 0.1) is 27.6 Å². The molecule has 0 amide bonds. The molecular weight excluding hydrogens is 376 g/mol. The van der Waals surface area contributed by atoms with Gasteiger partial charge in [-0.25, -0.2) is 0 Å². The van der Waals surface area contributed by atoms with E-state index in [1.54, 1.807) is 12.3 Å². The first-order valence-corrected chi connectivity index (χ1v) is 10.9. The number of aliphatic hydroxyl groups is 1. The van der Waals surface area contributed by atoms with Crippen LogP contribution in [0.2, 0.25) is 0 Å². The van der Waals surface area contributed by atoms with Gasteiger partial charge in [-0.1, -0.05) is 31.6 Å². The third-order valence-electron chi connectivity index (χ3n) is 9.10. The van der Waals surface area contributed by atoms with E-state index in [1.807, 2.05) is 39.2 Å². The van der Waals surface area contributed by atoms with Gasteiger partial charge in [-0.15, -0.1) is 0 Å². The fraction of sp³-hybridized carbons (Fsp3) is 0.538. The number of carbonyl (C=O) groups is 2. The number of aliphatic hydroxyl groups excluding tert-OH is 1. The summed E-state index contributed by atoms with van der Waals surface area (Å²) in [6.45, 7) is 10.0. The summed E-state index contributed by atoms with van der Waals surface area (Å²) in [5.41, 5.74) is 0.581. The zero-order chi connectivity index (χ0) is 21.7. The molecule has 0 aromatic carbocycles. The zero-order valence-electron chi connectivity index (χ0n) is 18.4. The Hall–Kier alpha value is -2.36. The Morgan fingerprint density at radius 2 is 1.87 bits per heavy atom. The predicted octanol–water partition coefficient (Wildman–Crippen LogP) is 5.68. The summed E-state index contributed by atoms with van der Waals surface area (Å²) in [6.07, 6.45) is 12.1. The highest BCUT2D eigenvalue weighted by atomic mass is 16.3. The second-order valence-corrected chi connectivity index (χ2v) is 10.8. The molecule has 1 N–H and O–H groups in total. The molecule has 0 spiro atoms. The van der Waals surface area contributed by atoms with Crippen molar-refractivity contribution in [1.29, 1.82) is 0 Å². The number of furan rings is 1. The fourth-order valence-corrected chi connectivity index (χ4v) is 7.65. The van der Waals surface area contributed by atoms with Crippen LogP contribution >= 0.6 is 0 Å². The van der Waals surface area contributed by atoms with Gasteiger partial charge in [0.1, 0.15) is 0 Å². The summed E-state index contributed by atoms with van der Waals surface area (Å²) >= 11 is 0. The normalized spacial score (nSPS) is 42.0. The Morgan fingerprint density at radius 1 is 1.13 bits per heavy atom. The summed E-state index contributed by atoms with van der Waals surface area (Å²) in [5, 5.41) is 11.3. The number of allylic oxidation sites excluding steroid dienone is 6. The summed E-state index contributed by atoms with van der Waals surface area (Å²) in [4.78, 5) is 26.5. The van der Waals surface area contributed by atoms with Crippen LogP contribution in [0.15, 0.2) is 58.1 Å². The molecule has 1 heterocycles. The maximum atomic E-state index is 13.8. The highest BCUT2D eigenvalue weighted by Gasteiger charge is 2.67. The second-order valence-electron chi connectivity index (χ2n) is 10.8. The summed E-state index contributed by atoms with van der Waals surface area (Å²) in [6, 6.07) is 2.03. The molecule has 30 heavy (non-hydrogen) atoms. The van der Waals surface area contributed by atoms with Crippen LogP contribution in [0.25, 0.3) is 0 Å². The van der Waals surface area contributed by atoms with E-state index in [0.29, 0.717) is 5.57 Å². The lowest BCUT2D eigenvalue weighted by molar-refractivity contribution is -0.136. The van der Waals surface area contributed by atoms with Crippen molar-refractivity contribution in [2.24, 2.45) is 27.6 Å². The number of rotatable bonds is 1. The lowest BCUT2D eigenvalue weighted by Gasteiger charge is -2.60. The summed E-state index contributed by atoms with van der Waals surface area (Å²) in [5.74, 6) is -0.192. The number of hydrogen-bond donors (Lipinski definition) is 1. The van der Waals surface area contributed by atoms with Gasteiger partial charge in [-0.3, -0.25) is 9.59 Å². The van der Waals surface area contributed by atoms with Crippen LogP contribution in [0.5, 0.6) is 0 Å². The van der Waals surface area contributed by atoms with E-state index in [2.05, 4.69) is 19.9 Å². The Bertz CT molecular complexity index is 1050. The van der Waals surface area contributed by atoms with Crippen molar-refractivity contribution < 1.29 is 19.1 Å². The first-order valence-electron chi connectivity index (χ1n) is 10.9. The smallest absolute Gasteiger partial charge is 0.207 e. The summed E-state index contributed by atoms with van der Waals surface area (Å²) in [7, 11) is 0. The van der Waals surface area contributed by atoms with Gasteiger partial charge in [-0.05, 0) is 80.6 Å². The average Bonchev–Trinajstić information content (AvgIpc) is 3.31. The van der Waals surface area contributed by atoms with E-state index < -0.39 is 16.2 Å². The highest BCUT2D eigenvalue weighted by molar-refractivity contribution is 6.07. The van der Waals surface area contributed by atoms with Crippen LogP contribution in [0.1, 0.15) is 65.4 Å². The highest BCUT2D eigenvalue weighted by Crippen LogP contribution is 2.71. The van der Waals surface area contributed by atoms with E-state index in [1.165, 1.54) is 5.56 Å². The molecule has 0 unspecified atom stereocenters.